The van der Waals surface area contributed by atoms with E-state index in [1.54, 1.807) is 4.90 Å². The topological polar surface area (TPSA) is 77.8 Å². The van der Waals surface area contributed by atoms with Gasteiger partial charge >= 0.3 is 5.97 Å². The molecule has 1 aliphatic heterocycles. The summed E-state index contributed by atoms with van der Waals surface area (Å²) >= 11 is 0. The standard InChI is InChI=1S/C10H15NO4/c12-6-10(2-1-3-10)11-5-7(9(14)15)4-8(11)13/h7,12H,1-6H2,(H,14,15). The fourth-order valence-corrected chi connectivity index (χ4v) is 2.43. The van der Waals surface area contributed by atoms with Crippen LogP contribution in [0, 0.1) is 5.92 Å². The molecule has 2 rings (SSSR count). The molecule has 1 aliphatic carbocycles. The number of carboxylic acid groups (broad SMARTS) is 1. The van der Waals surface area contributed by atoms with Crippen LogP contribution in [-0.2, 0) is 9.59 Å². The van der Waals surface area contributed by atoms with E-state index in [1.165, 1.54) is 0 Å². The fourth-order valence-electron chi connectivity index (χ4n) is 2.43. The predicted octanol–water partition coefficient (Wildman–Crippen LogP) is -0.166. The minimum Gasteiger partial charge on any atom is -0.481 e. The molecule has 1 heterocycles. The molecule has 0 aromatic rings. The van der Waals surface area contributed by atoms with E-state index in [-0.39, 0.29) is 25.5 Å². The van der Waals surface area contributed by atoms with Crippen LogP contribution in [0.15, 0.2) is 0 Å². The number of carbonyl (C=O) groups excluding carboxylic acids is 1. The molecule has 1 saturated heterocycles. The summed E-state index contributed by atoms with van der Waals surface area (Å²) in [7, 11) is 0. The van der Waals surface area contributed by atoms with E-state index >= 15 is 0 Å². The number of nitrogens with zero attached hydrogens (tertiary/aromatic N) is 1. The monoisotopic (exact) mass is 213 g/mol. The van der Waals surface area contributed by atoms with Crippen molar-refractivity contribution < 1.29 is 19.8 Å². The normalized spacial score (nSPS) is 29.0. The maximum atomic E-state index is 11.6. The van der Waals surface area contributed by atoms with Gasteiger partial charge in [-0.05, 0) is 19.3 Å². The summed E-state index contributed by atoms with van der Waals surface area (Å²) in [6.45, 7) is 0.208. The molecule has 0 aromatic carbocycles. The molecule has 1 atom stereocenters. The van der Waals surface area contributed by atoms with Gasteiger partial charge in [0, 0.05) is 13.0 Å². The van der Waals surface area contributed by atoms with Crippen molar-refractivity contribution in [3.8, 4) is 0 Å². The minimum absolute atomic E-state index is 0.0505. The van der Waals surface area contributed by atoms with E-state index in [9.17, 15) is 14.7 Å². The number of amides is 1. The lowest BCUT2D eigenvalue weighted by Gasteiger charge is -2.47. The third-order valence-electron chi connectivity index (χ3n) is 3.63. The van der Waals surface area contributed by atoms with Gasteiger partial charge in [0.05, 0.1) is 18.1 Å². The molecule has 84 valence electrons. The molecule has 1 unspecified atom stereocenters. The van der Waals surface area contributed by atoms with E-state index in [4.69, 9.17) is 5.11 Å². The summed E-state index contributed by atoms with van der Waals surface area (Å²) in [6, 6.07) is 0. The molecule has 2 aliphatic rings. The van der Waals surface area contributed by atoms with Crippen molar-refractivity contribution in [1.29, 1.82) is 0 Å². The first-order valence-electron chi connectivity index (χ1n) is 5.23. The second-order valence-electron chi connectivity index (χ2n) is 4.48. The number of carbonyl (C=O) groups is 2. The van der Waals surface area contributed by atoms with Gasteiger partial charge in [-0.25, -0.2) is 0 Å². The van der Waals surface area contributed by atoms with E-state index in [0.717, 1.165) is 19.3 Å². The van der Waals surface area contributed by atoms with Crippen LogP contribution in [0.3, 0.4) is 0 Å². The highest BCUT2D eigenvalue weighted by molar-refractivity contribution is 5.86. The number of aliphatic hydroxyl groups excluding tert-OH is 1. The van der Waals surface area contributed by atoms with Crippen LogP contribution in [0.5, 0.6) is 0 Å². The van der Waals surface area contributed by atoms with Crippen molar-refractivity contribution in [3.05, 3.63) is 0 Å². The number of hydrogen-bond acceptors (Lipinski definition) is 3. The highest BCUT2D eigenvalue weighted by atomic mass is 16.4. The third-order valence-corrected chi connectivity index (χ3v) is 3.63. The van der Waals surface area contributed by atoms with Crippen molar-refractivity contribution in [2.45, 2.75) is 31.2 Å². The van der Waals surface area contributed by atoms with Crippen molar-refractivity contribution >= 4 is 11.9 Å². The third kappa shape index (κ3) is 1.51. The fraction of sp³-hybridized carbons (Fsp3) is 0.800. The van der Waals surface area contributed by atoms with Gasteiger partial charge in [-0.2, -0.15) is 0 Å². The quantitative estimate of drug-likeness (QED) is 0.682. The lowest BCUT2D eigenvalue weighted by Crippen LogP contribution is -2.57. The van der Waals surface area contributed by atoms with Gasteiger partial charge in [-0.1, -0.05) is 0 Å². The molecule has 0 aromatic heterocycles. The molecule has 2 N–H and O–H groups in total. The zero-order valence-corrected chi connectivity index (χ0v) is 8.48. The van der Waals surface area contributed by atoms with Gasteiger partial charge in [0.1, 0.15) is 0 Å². The van der Waals surface area contributed by atoms with Crippen LogP contribution in [0.2, 0.25) is 0 Å². The van der Waals surface area contributed by atoms with Crippen LogP contribution in [0.1, 0.15) is 25.7 Å². The Morgan fingerprint density at radius 2 is 2.20 bits per heavy atom. The largest absolute Gasteiger partial charge is 0.481 e. The van der Waals surface area contributed by atoms with Crippen molar-refractivity contribution in [2.24, 2.45) is 5.92 Å². The second kappa shape index (κ2) is 3.48. The molecular weight excluding hydrogens is 198 g/mol. The second-order valence-corrected chi connectivity index (χ2v) is 4.48. The highest BCUT2D eigenvalue weighted by Crippen LogP contribution is 2.40. The Balaban J connectivity index is 2.10. The maximum absolute atomic E-state index is 11.6. The lowest BCUT2D eigenvalue weighted by molar-refractivity contribution is -0.141. The summed E-state index contributed by atoms with van der Waals surface area (Å²) in [6.07, 6.45) is 2.67. The number of aliphatic hydroxyl groups is 1. The molecule has 0 spiro atoms. The highest BCUT2D eigenvalue weighted by Gasteiger charge is 2.49. The van der Waals surface area contributed by atoms with Crippen LogP contribution in [-0.4, -0.2) is 45.7 Å². The van der Waals surface area contributed by atoms with Gasteiger partial charge in [-0.3, -0.25) is 9.59 Å². The first-order valence-corrected chi connectivity index (χ1v) is 5.23. The Kier molecular flexibility index (Phi) is 2.42. The molecule has 1 amide bonds. The van der Waals surface area contributed by atoms with Crippen LogP contribution in [0.25, 0.3) is 0 Å². The van der Waals surface area contributed by atoms with Crippen LogP contribution >= 0.6 is 0 Å². The van der Waals surface area contributed by atoms with Gasteiger partial charge < -0.3 is 15.1 Å². The van der Waals surface area contributed by atoms with E-state index in [2.05, 4.69) is 0 Å². The molecule has 1 saturated carbocycles. The molecule has 5 heteroatoms. The Bertz CT molecular complexity index is 292. The van der Waals surface area contributed by atoms with Gasteiger partial charge in [0.25, 0.3) is 0 Å². The first-order chi connectivity index (χ1) is 7.09. The maximum Gasteiger partial charge on any atom is 0.308 e. The number of aliphatic carboxylic acids is 1. The van der Waals surface area contributed by atoms with Gasteiger partial charge in [-0.15, -0.1) is 0 Å². The van der Waals surface area contributed by atoms with Crippen molar-refractivity contribution in [1.82, 2.24) is 4.90 Å². The van der Waals surface area contributed by atoms with Gasteiger partial charge in [0.15, 0.2) is 0 Å². The minimum atomic E-state index is -0.918. The van der Waals surface area contributed by atoms with Crippen LogP contribution in [0.4, 0.5) is 0 Å². The number of carboxylic acids is 1. The Morgan fingerprint density at radius 3 is 2.53 bits per heavy atom. The summed E-state index contributed by atoms with van der Waals surface area (Å²) in [5, 5.41) is 18.1. The molecule has 5 nitrogen and oxygen atoms in total. The van der Waals surface area contributed by atoms with E-state index in [1.807, 2.05) is 0 Å². The predicted molar refractivity (Wildman–Crippen MR) is 51.1 cm³/mol. The summed E-state index contributed by atoms with van der Waals surface area (Å²) < 4.78 is 0. The van der Waals surface area contributed by atoms with E-state index in [0.29, 0.717) is 0 Å². The van der Waals surface area contributed by atoms with Crippen molar-refractivity contribution in [2.75, 3.05) is 13.2 Å². The molecule has 0 radical (unpaired) electrons. The molecule has 15 heavy (non-hydrogen) atoms. The smallest absolute Gasteiger partial charge is 0.308 e. The van der Waals surface area contributed by atoms with Crippen LogP contribution < -0.4 is 0 Å². The number of likely N-dealkylation sites (tertiary alicyclic amines) is 1. The Morgan fingerprint density at radius 1 is 1.53 bits per heavy atom. The SMILES string of the molecule is O=C(O)C1CC(=O)N(C2(CO)CCC2)C1. The first kappa shape index (κ1) is 10.4. The zero-order chi connectivity index (χ0) is 11.1. The number of rotatable bonds is 3. The summed E-state index contributed by atoms with van der Waals surface area (Å²) in [4.78, 5) is 24.0. The van der Waals surface area contributed by atoms with Crippen molar-refractivity contribution in [3.63, 3.8) is 0 Å². The average molecular weight is 213 g/mol. The Labute approximate surface area is 87.7 Å². The van der Waals surface area contributed by atoms with E-state index < -0.39 is 17.4 Å². The molecule has 0 bridgehead atoms. The summed E-state index contributed by atoms with van der Waals surface area (Å²) in [5.74, 6) is -1.64. The number of hydrogen-bond donors (Lipinski definition) is 2. The molecular formula is C10H15NO4. The summed E-state index contributed by atoms with van der Waals surface area (Å²) in [5.41, 5.74) is -0.443. The average Bonchev–Trinajstić information content (AvgIpc) is 2.48. The molecule has 2 fully saturated rings. The van der Waals surface area contributed by atoms with Gasteiger partial charge in [0.2, 0.25) is 5.91 Å². The lowest BCUT2D eigenvalue weighted by atomic mass is 9.76. The zero-order valence-electron chi connectivity index (χ0n) is 8.48. The Hall–Kier alpha value is -1.10.